The maximum atomic E-state index is 12.9. The molecule has 0 N–H and O–H groups in total. The third-order valence-corrected chi connectivity index (χ3v) is 6.34. The van der Waals surface area contributed by atoms with E-state index in [1.807, 2.05) is 0 Å². The fourth-order valence-electron chi connectivity index (χ4n) is 3.42. The molecule has 11 heteroatoms. The Morgan fingerprint density at radius 3 is 2.18 bits per heavy atom. The van der Waals surface area contributed by atoms with Crippen LogP contribution in [0.2, 0.25) is 0 Å². The first-order chi connectivity index (χ1) is 15.8. The summed E-state index contributed by atoms with van der Waals surface area (Å²) in [5.74, 6) is -0.0789. The summed E-state index contributed by atoms with van der Waals surface area (Å²) in [6, 6.07) is 7.82. The fraction of sp³-hybridized carbons (Fsp3) is 0.391. The molecule has 0 aromatic heterocycles. The first kappa shape index (κ1) is 26.3. The zero-order valence-corrected chi connectivity index (χ0v) is 21.9. The first-order valence-corrected chi connectivity index (χ1v) is 12.0. The van der Waals surface area contributed by atoms with E-state index in [0.29, 0.717) is 33.5 Å². The highest BCUT2D eigenvalue weighted by Crippen LogP contribution is 2.38. The Hall–Kier alpha value is -2.27. The number of halogens is 5. The number of urea groups is 1. The van der Waals surface area contributed by atoms with Crippen LogP contribution in [0.1, 0.15) is 31.9 Å². The van der Waals surface area contributed by atoms with Gasteiger partial charge in [0.1, 0.15) is 5.75 Å². The van der Waals surface area contributed by atoms with Crippen LogP contribution in [0, 0.1) is 0 Å². The van der Waals surface area contributed by atoms with E-state index in [2.05, 4.69) is 31.9 Å². The number of rotatable bonds is 7. The van der Waals surface area contributed by atoms with Crippen LogP contribution in [0.25, 0.3) is 0 Å². The summed E-state index contributed by atoms with van der Waals surface area (Å²) in [6.45, 7) is 6.24. The lowest BCUT2D eigenvalue weighted by Crippen LogP contribution is -2.40. The van der Waals surface area contributed by atoms with Crippen LogP contribution in [0.4, 0.5) is 23.7 Å². The molecule has 1 fully saturated rings. The maximum Gasteiger partial charge on any atom is 0.416 e. The zero-order valence-electron chi connectivity index (χ0n) is 18.7. The number of carbonyl (C=O) groups is 2. The second-order valence-electron chi connectivity index (χ2n) is 8.12. The monoisotopic (exact) mass is 606 g/mol. The van der Waals surface area contributed by atoms with Crippen molar-refractivity contribution in [2.75, 3.05) is 24.6 Å². The van der Waals surface area contributed by atoms with Crippen molar-refractivity contribution in [1.29, 1.82) is 0 Å². The highest BCUT2D eigenvalue weighted by molar-refractivity contribution is 9.11. The largest absolute Gasteiger partial charge is 0.474 e. The van der Waals surface area contributed by atoms with Gasteiger partial charge in [-0.15, -0.1) is 0 Å². The number of hydrogen-bond acceptors (Lipinski definition) is 4. The Morgan fingerprint density at radius 2 is 1.65 bits per heavy atom. The smallest absolute Gasteiger partial charge is 0.416 e. The van der Waals surface area contributed by atoms with Crippen molar-refractivity contribution in [2.45, 2.75) is 39.1 Å². The lowest BCUT2D eigenvalue weighted by molar-refractivity contribution is -0.158. The molecule has 184 valence electrons. The number of benzene rings is 2. The second-order valence-corrected chi connectivity index (χ2v) is 9.83. The van der Waals surface area contributed by atoms with Crippen molar-refractivity contribution in [2.24, 2.45) is 0 Å². The van der Waals surface area contributed by atoms with Gasteiger partial charge >= 0.3 is 18.2 Å². The molecule has 0 saturated carbocycles. The molecule has 2 aromatic carbocycles. The normalized spacial score (nSPS) is 14.5. The van der Waals surface area contributed by atoms with E-state index in [9.17, 15) is 22.8 Å². The van der Waals surface area contributed by atoms with Gasteiger partial charge in [0, 0.05) is 25.3 Å². The number of ether oxygens (including phenoxy) is 2. The molecule has 34 heavy (non-hydrogen) atoms. The van der Waals surface area contributed by atoms with Crippen molar-refractivity contribution >= 4 is 49.5 Å². The van der Waals surface area contributed by atoms with Crippen LogP contribution < -0.4 is 9.64 Å². The summed E-state index contributed by atoms with van der Waals surface area (Å²) in [5.41, 5.74) is -0.770. The minimum atomic E-state index is -4.43. The summed E-state index contributed by atoms with van der Waals surface area (Å²) in [5, 5.41) is 0. The predicted octanol–water partition coefficient (Wildman–Crippen LogP) is 6.39. The molecule has 3 rings (SSSR count). The van der Waals surface area contributed by atoms with Gasteiger partial charge in [0.05, 0.1) is 21.1 Å². The Bertz CT molecular complexity index is 1050. The topological polar surface area (TPSA) is 59.1 Å². The van der Waals surface area contributed by atoms with E-state index in [4.69, 9.17) is 9.47 Å². The van der Waals surface area contributed by atoms with Crippen molar-refractivity contribution in [3.8, 4) is 5.75 Å². The lowest BCUT2D eigenvalue weighted by atomic mass is 10.1. The van der Waals surface area contributed by atoms with Crippen LogP contribution in [0.3, 0.4) is 0 Å². The average molecular weight is 608 g/mol. The van der Waals surface area contributed by atoms with E-state index in [0.717, 1.165) is 17.7 Å². The van der Waals surface area contributed by atoms with Crippen molar-refractivity contribution in [3.05, 3.63) is 56.5 Å². The van der Waals surface area contributed by atoms with Crippen LogP contribution in [-0.2, 0) is 22.3 Å². The van der Waals surface area contributed by atoms with E-state index in [1.54, 1.807) is 37.8 Å². The minimum Gasteiger partial charge on any atom is -0.474 e. The number of carbonyl (C=O) groups excluding carboxylic acids is 2. The van der Waals surface area contributed by atoms with Crippen molar-refractivity contribution in [3.63, 3.8) is 0 Å². The van der Waals surface area contributed by atoms with Crippen molar-refractivity contribution < 1.29 is 32.2 Å². The molecule has 6 nitrogen and oxygen atoms in total. The predicted molar refractivity (Wildman–Crippen MR) is 128 cm³/mol. The molecule has 0 spiro atoms. The van der Waals surface area contributed by atoms with Crippen LogP contribution in [-0.4, -0.2) is 42.2 Å². The number of esters is 1. The molecule has 0 aliphatic carbocycles. The molecular formula is C23H23Br2F3N2O4. The molecule has 0 atom stereocenters. The number of nitrogens with zero attached hydrogens (tertiary/aromatic N) is 2. The number of amides is 2. The molecule has 0 bridgehead atoms. The number of anilines is 1. The summed E-state index contributed by atoms with van der Waals surface area (Å²) < 4.78 is 50.5. The van der Waals surface area contributed by atoms with E-state index < -0.39 is 23.3 Å². The van der Waals surface area contributed by atoms with Gasteiger partial charge in [-0.05, 0) is 94.6 Å². The number of hydrogen-bond donors (Lipinski definition) is 0. The van der Waals surface area contributed by atoms with Gasteiger partial charge in [-0.1, -0.05) is 0 Å². The van der Waals surface area contributed by atoms with Gasteiger partial charge in [-0.25, -0.2) is 9.59 Å². The van der Waals surface area contributed by atoms with Gasteiger partial charge in [0.15, 0.2) is 5.60 Å². The van der Waals surface area contributed by atoms with E-state index in [-0.39, 0.29) is 19.2 Å². The molecular weight excluding hydrogens is 585 g/mol. The summed E-state index contributed by atoms with van der Waals surface area (Å²) in [6.07, 6.45) is -4.43. The second kappa shape index (κ2) is 10.2. The Kier molecular flexibility index (Phi) is 7.86. The van der Waals surface area contributed by atoms with E-state index >= 15 is 0 Å². The lowest BCUT2D eigenvalue weighted by Gasteiger charge is -2.26. The fourth-order valence-corrected chi connectivity index (χ4v) is 4.87. The molecule has 0 radical (unpaired) electrons. The van der Waals surface area contributed by atoms with Gasteiger partial charge in [-0.3, -0.25) is 4.90 Å². The van der Waals surface area contributed by atoms with Crippen LogP contribution >= 0.6 is 31.9 Å². The van der Waals surface area contributed by atoms with Crippen LogP contribution in [0.15, 0.2) is 45.3 Å². The average Bonchev–Trinajstić information content (AvgIpc) is 3.10. The van der Waals surface area contributed by atoms with Crippen molar-refractivity contribution in [1.82, 2.24) is 4.90 Å². The first-order valence-electron chi connectivity index (χ1n) is 10.4. The molecule has 1 aliphatic rings. The molecule has 1 saturated heterocycles. The zero-order chi connectivity index (χ0) is 25.3. The Balaban J connectivity index is 1.71. The standard InChI is InChI=1S/C23H23Br2F3N2O4/c1-4-33-20(31)22(2,3)34-19-17(24)11-14(12-18(19)25)13-29-9-10-30(21(29)32)16-7-5-15(6-8-16)23(26,27)28/h5-8,11-12H,4,9-10,13H2,1-3H3. The maximum absolute atomic E-state index is 12.9. The molecule has 0 unspecified atom stereocenters. The Labute approximate surface area is 212 Å². The van der Waals surface area contributed by atoms with Gasteiger partial charge < -0.3 is 14.4 Å². The van der Waals surface area contributed by atoms with Gasteiger partial charge in [-0.2, -0.15) is 13.2 Å². The molecule has 1 aliphatic heterocycles. The summed E-state index contributed by atoms with van der Waals surface area (Å²) in [4.78, 5) is 28.1. The quantitative estimate of drug-likeness (QED) is 0.342. The summed E-state index contributed by atoms with van der Waals surface area (Å²) >= 11 is 6.92. The SMILES string of the molecule is CCOC(=O)C(C)(C)Oc1c(Br)cc(CN2CCN(c3ccc(C(F)(F)F)cc3)C2=O)cc1Br. The minimum absolute atomic E-state index is 0.236. The van der Waals surface area contributed by atoms with Gasteiger partial charge in [0.2, 0.25) is 0 Å². The number of alkyl halides is 3. The van der Waals surface area contributed by atoms with E-state index in [1.165, 1.54) is 17.0 Å². The van der Waals surface area contributed by atoms with Crippen LogP contribution in [0.5, 0.6) is 5.75 Å². The molecule has 1 heterocycles. The third-order valence-electron chi connectivity index (χ3n) is 5.16. The van der Waals surface area contributed by atoms with Gasteiger partial charge in [0.25, 0.3) is 0 Å². The Morgan fingerprint density at radius 1 is 1.06 bits per heavy atom. The highest BCUT2D eigenvalue weighted by atomic mass is 79.9. The molecule has 2 aromatic rings. The highest BCUT2D eigenvalue weighted by Gasteiger charge is 2.34. The third kappa shape index (κ3) is 5.86. The molecule has 2 amide bonds. The summed E-state index contributed by atoms with van der Waals surface area (Å²) in [7, 11) is 0.